The van der Waals surface area contributed by atoms with Gasteiger partial charge < -0.3 is 10.1 Å². The second-order valence-electron chi connectivity index (χ2n) is 2.07. The van der Waals surface area contributed by atoms with Crippen molar-refractivity contribution in [2.75, 3.05) is 13.8 Å². The monoisotopic (exact) mass is 167 g/mol. The van der Waals surface area contributed by atoms with Gasteiger partial charge in [0.25, 0.3) is 5.91 Å². The number of ether oxygens (including phenoxy) is 1. The SMILES string of the molecule is COCNC(=O)c1cncnc1. The maximum Gasteiger partial charge on any atom is 0.256 e. The van der Waals surface area contributed by atoms with Gasteiger partial charge in [-0.25, -0.2) is 9.97 Å². The summed E-state index contributed by atoms with van der Waals surface area (Å²) in [4.78, 5) is 18.5. The molecule has 0 bridgehead atoms. The van der Waals surface area contributed by atoms with Crippen LogP contribution in [-0.4, -0.2) is 29.7 Å². The molecule has 5 heteroatoms. The molecule has 1 aromatic rings. The third-order valence-corrected chi connectivity index (χ3v) is 1.20. The molecule has 0 spiro atoms. The van der Waals surface area contributed by atoms with Gasteiger partial charge in [0.1, 0.15) is 13.1 Å². The Kier molecular flexibility index (Phi) is 3.16. The summed E-state index contributed by atoms with van der Waals surface area (Å²) in [5.41, 5.74) is 0.426. The number of methoxy groups -OCH3 is 1. The van der Waals surface area contributed by atoms with Crippen LogP contribution in [0.2, 0.25) is 0 Å². The van der Waals surface area contributed by atoms with Crippen LogP contribution in [0.4, 0.5) is 0 Å². The van der Waals surface area contributed by atoms with Gasteiger partial charge in [-0.05, 0) is 0 Å². The van der Waals surface area contributed by atoms with Crippen LogP contribution in [0.3, 0.4) is 0 Å². The van der Waals surface area contributed by atoms with Crippen molar-refractivity contribution in [1.29, 1.82) is 0 Å². The topological polar surface area (TPSA) is 64.1 Å². The minimum absolute atomic E-state index is 0.188. The lowest BCUT2D eigenvalue weighted by atomic mass is 10.3. The minimum atomic E-state index is -0.238. The largest absolute Gasteiger partial charge is 0.364 e. The molecule has 0 aliphatic carbocycles. The van der Waals surface area contributed by atoms with E-state index in [4.69, 9.17) is 0 Å². The third kappa shape index (κ3) is 2.28. The van der Waals surface area contributed by atoms with Crippen LogP contribution in [0.25, 0.3) is 0 Å². The zero-order chi connectivity index (χ0) is 8.81. The standard InChI is InChI=1S/C7H9N3O2/c1-12-5-10-7(11)6-2-8-4-9-3-6/h2-4H,5H2,1H3,(H,10,11). The third-order valence-electron chi connectivity index (χ3n) is 1.20. The maximum absolute atomic E-state index is 11.1. The van der Waals surface area contributed by atoms with Gasteiger partial charge in [-0.3, -0.25) is 4.79 Å². The van der Waals surface area contributed by atoms with E-state index in [0.29, 0.717) is 5.56 Å². The Morgan fingerprint density at radius 1 is 1.58 bits per heavy atom. The number of hydrogen-bond acceptors (Lipinski definition) is 4. The number of rotatable bonds is 3. The number of nitrogens with zero attached hydrogens (tertiary/aromatic N) is 2. The Balaban J connectivity index is 2.54. The quantitative estimate of drug-likeness (QED) is 0.634. The summed E-state index contributed by atoms with van der Waals surface area (Å²) in [7, 11) is 1.50. The molecule has 5 nitrogen and oxygen atoms in total. The molecule has 0 aliphatic heterocycles. The molecule has 0 unspecified atom stereocenters. The van der Waals surface area contributed by atoms with E-state index in [0.717, 1.165) is 0 Å². The zero-order valence-electron chi connectivity index (χ0n) is 6.65. The van der Waals surface area contributed by atoms with Crippen molar-refractivity contribution in [2.24, 2.45) is 0 Å². The number of hydrogen-bond donors (Lipinski definition) is 1. The number of carbonyl (C=O) groups excluding carboxylic acids is 1. The van der Waals surface area contributed by atoms with Crippen molar-refractivity contribution in [2.45, 2.75) is 0 Å². The summed E-state index contributed by atoms with van der Waals surface area (Å²) >= 11 is 0. The van der Waals surface area contributed by atoms with Gasteiger partial charge in [0.2, 0.25) is 0 Å². The van der Waals surface area contributed by atoms with Gasteiger partial charge in [0, 0.05) is 19.5 Å². The van der Waals surface area contributed by atoms with Crippen molar-refractivity contribution in [3.8, 4) is 0 Å². The lowest BCUT2D eigenvalue weighted by Gasteiger charge is -2.01. The average Bonchev–Trinajstić information content (AvgIpc) is 2.15. The van der Waals surface area contributed by atoms with E-state index in [-0.39, 0.29) is 12.6 Å². The second-order valence-corrected chi connectivity index (χ2v) is 2.07. The maximum atomic E-state index is 11.1. The van der Waals surface area contributed by atoms with Crippen LogP contribution in [-0.2, 0) is 4.74 Å². The summed E-state index contributed by atoms with van der Waals surface area (Å²) in [5.74, 6) is -0.238. The van der Waals surface area contributed by atoms with Gasteiger partial charge in [0.05, 0.1) is 5.56 Å². The molecule has 1 heterocycles. The number of amides is 1. The van der Waals surface area contributed by atoms with E-state index in [1.807, 2.05) is 0 Å². The highest BCUT2D eigenvalue weighted by Gasteiger charge is 2.02. The van der Waals surface area contributed by atoms with E-state index >= 15 is 0 Å². The highest BCUT2D eigenvalue weighted by atomic mass is 16.5. The summed E-state index contributed by atoms with van der Waals surface area (Å²) < 4.78 is 4.66. The van der Waals surface area contributed by atoms with Crippen molar-refractivity contribution in [3.63, 3.8) is 0 Å². The highest BCUT2D eigenvalue weighted by Crippen LogP contribution is 1.91. The summed E-state index contributed by atoms with van der Waals surface area (Å²) in [6.45, 7) is 0.188. The van der Waals surface area contributed by atoms with E-state index < -0.39 is 0 Å². The number of aromatic nitrogens is 2. The first kappa shape index (κ1) is 8.61. The molecule has 0 aromatic carbocycles. The number of nitrogens with one attached hydrogen (secondary N) is 1. The van der Waals surface area contributed by atoms with Gasteiger partial charge in [-0.1, -0.05) is 0 Å². The fourth-order valence-electron chi connectivity index (χ4n) is 0.656. The molecule has 1 amide bonds. The molecule has 0 saturated carbocycles. The molecule has 1 N–H and O–H groups in total. The lowest BCUT2D eigenvalue weighted by Crippen LogP contribution is -2.25. The fourth-order valence-corrected chi connectivity index (χ4v) is 0.656. The molecule has 1 rings (SSSR count). The van der Waals surface area contributed by atoms with Crippen LogP contribution in [0.1, 0.15) is 10.4 Å². The normalized spacial score (nSPS) is 9.42. The molecular weight excluding hydrogens is 158 g/mol. The van der Waals surface area contributed by atoms with Crippen LogP contribution in [0, 0.1) is 0 Å². The smallest absolute Gasteiger partial charge is 0.256 e. The Bertz CT molecular complexity index is 250. The van der Waals surface area contributed by atoms with Gasteiger partial charge in [0.15, 0.2) is 0 Å². The first-order chi connectivity index (χ1) is 5.84. The van der Waals surface area contributed by atoms with Crippen LogP contribution in [0.15, 0.2) is 18.7 Å². The molecule has 0 aliphatic rings. The Labute approximate surface area is 69.8 Å². The molecule has 0 saturated heterocycles. The average molecular weight is 167 g/mol. The fraction of sp³-hybridized carbons (Fsp3) is 0.286. The molecule has 64 valence electrons. The predicted molar refractivity (Wildman–Crippen MR) is 41.4 cm³/mol. The van der Waals surface area contributed by atoms with Crippen LogP contribution in [0.5, 0.6) is 0 Å². The summed E-state index contributed by atoms with van der Waals surface area (Å²) in [6, 6.07) is 0. The highest BCUT2D eigenvalue weighted by molar-refractivity contribution is 5.93. The molecule has 12 heavy (non-hydrogen) atoms. The zero-order valence-corrected chi connectivity index (χ0v) is 6.65. The first-order valence-electron chi connectivity index (χ1n) is 3.36. The summed E-state index contributed by atoms with van der Waals surface area (Å²) in [5, 5.41) is 2.51. The van der Waals surface area contributed by atoms with Crippen molar-refractivity contribution in [1.82, 2.24) is 15.3 Å². The molecule has 0 atom stereocenters. The van der Waals surface area contributed by atoms with E-state index in [9.17, 15) is 4.79 Å². The Morgan fingerprint density at radius 2 is 2.25 bits per heavy atom. The predicted octanol–water partition coefficient (Wildman–Crippen LogP) is -0.190. The Morgan fingerprint density at radius 3 is 2.83 bits per heavy atom. The van der Waals surface area contributed by atoms with Gasteiger partial charge >= 0.3 is 0 Å². The van der Waals surface area contributed by atoms with Gasteiger partial charge in [-0.2, -0.15) is 0 Å². The number of carbonyl (C=O) groups is 1. The molecular formula is C7H9N3O2. The lowest BCUT2D eigenvalue weighted by molar-refractivity contribution is 0.0871. The van der Waals surface area contributed by atoms with Crippen LogP contribution < -0.4 is 5.32 Å². The van der Waals surface area contributed by atoms with Crippen molar-refractivity contribution < 1.29 is 9.53 Å². The summed E-state index contributed by atoms with van der Waals surface area (Å²) in [6.07, 6.45) is 4.25. The minimum Gasteiger partial charge on any atom is -0.364 e. The molecule has 0 fully saturated rings. The van der Waals surface area contributed by atoms with E-state index in [2.05, 4.69) is 20.0 Å². The van der Waals surface area contributed by atoms with Crippen molar-refractivity contribution in [3.05, 3.63) is 24.3 Å². The first-order valence-corrected chi connectivity index (χ1v) is 3.36. The van der Waals surface area contributed by atoms with E-state index in [1.165, 1.54) is 25.8 Å². The second kappa shape index (κ2) is 4.40. The van der Waals surface area contributed by atoms with Gasteiger partial charge in [-0.15, -0.1) is 0 Å². The van der Waals surface area contributed by atoms with Crippen molar-refractivity contribution >= 4 is 5.91 Å². The molecule has 0 radical (unpaired) electrons. The Hall–Kier alpha value is -1.49. The van der Waals surface area contributed by atoms with Crippen LogP contribution >= 0.6 is 0 Å². The molecule has 1 aromatic heterocycles. The van der Waals surface area contributed by atoms with E-state index in [1.54, 1.807) is 0 Å².